The van der Waals surface area contributed by atoms with E-state index >= 15 is 0 Å². The lowest BCUT2D eigenvalue weighted by Crippen LogP contribution is -2.67. The molecule has 4 aliphatic carbocycles. The van der Waals surface area contributed by atoms with Crippen LogP contribution in [0.25, 0.3) is 0 Å². The number of hydrogen-bond donors (Lipinski definition) is 2. The van der Waals surface area contributed by atoms with Gasteiger partial charge in [0.25, 0.3) is 0 Å². The van der Waals surface area contributed by atoms with E-state index in [0.717, 1.165) is 19.3 Å². The molecule has 0 aromatic heterocycles. The molecule has 0 aromatic rings. The van der Waals surface area contributed by atoms with Crippen molar-refractivity contribution >= 4 is 8.32 Å². The van der Waals surface area contributed by atoms with Crippen LogP contribution >= 0.6 is 0 Å². The fraction of sp³-hybridized carbons (Fsp3) is 1.00. The Balaban J connectivity index is 1.51. The van der Waals surface area contributed by atoms with Gasteiger partial charge < -0.3 is 24.1 Å². The predicted molar refractivity (Wildman–Crippen MR) is 136 cm³/mol. The topological polar surface area (TPSA) is 68.2 Å². The lowest BCUT2D eigenvalue weighted by molar-refractivity contribution is -0.225. The Bertz CT molecular complexity index is 807. The predicted octanol–water partition coefficient (Wildman–Crippen LogP) is 5.49. The van der Waals surface area contributed by atoms with Crippen LogP contribution in [-0.4, -0.2) is 54.8 Å². The average molecular weight is 495 g/mol. The number of fused-ring (bicyclic) bond motifs is 8. The zero-order valence-corrected chi connectivity index (χ0v) is 24.1. The molecule has 0 amide bonds. The molecule has 6 heteroatoms. The van der Waals surface area contributed by atoms with Gasteiger partial charge in [-0.25, -0.2) is 0 Å². The largest absolute Gasteiger partial charge is 0.413 e. The van der Waals surface area contributed by atoms with Crippen molar-refractivity contribution in [1.82, 2.24) is 0 Å². The first-order chi connectivity index (χ1) is 15.5. The van der Waals surface area contributed by atoms with Crippen LogP contribution in [-0.2, 0) is 13.9 Å². The first kappa shape index (κ1) is 25.7. The Morgan fingerprint density at radius 2 is 1.41 bits per heavy atom. The molecule has 2 N–H and O–H groups in total. The molecule has 5 unspecified atom stereocenters. The standard InChI is InChI=1S/C28H50O5Si/c1-25(2,3)34(8,9)33-19-11-10-16-20-17(12-14-27(16,19)6)28(7)15-13-18(29)22(30)21(28)24-23(20)31-26(4,5)32-24/h16-24,29-30H,10-15H2,1-9H3/t16?,17?,18-,19?,20?,21?,22+,23+,24+,27-,28+/m0/s1. The molecule has 0 spiro atoms. The lowest BCUT2D eigenvalue weighted by Gasteiger charge is -2.64. The Morgan fingerprint density at radius 1 is 0.824 bits per heavy atom. The van der Waals surface area contributed by atoms with Crippen molar-refractivity contribution in [2.24, 2.45) is 34.5 Å². The maximum Gasteiger partial charge on any atom is 0.192 e. The second-order valence-corrected chi connectivity index (χ2v) is 19.7. The number of ether oxygens (including phenoxy) is 2. The van der Waals surface area contributed by atoms with Gasteiger partial charge in [-0.05, 0) is 99.1 Å². The Labute approximate surface area is 208 Å². The third-order valence-corrected chi connectivity index (χ3v) is 16.2. The second kappa shape index (κ2) is 7.77. The van der Waals surface area contributed by atoms with Crippen molar-refractivity contribution < 1.29 is 24.1 Å². The van der Waals surface area contributed by atoms with Gasteiger partial charge in [0, 0.05) is 5.92 Å². The van der Waals surface area contributed by atoms with Gasteiger partial charge in [0.1, 0.15) is 0 Å². The van der Waals surface area contributed by atoms with E-state index in [1.807, 2.05) is 13.8 Å². The smallest absolute Gasteiger partial charge is 0.192 e. The zero-order valence-electron chi connectivity index (χ0n) is 23.1. The number of aliphatic hydroxyl groups is 2. The third kappa shape index (κ3) is 3.56. The molecule has 0 radical (unpaired) electrons. The highest BCUT2D eigenvalue weighted by atomic mass is 28.4. The van der Waals surface area contributed by atoms with Crippen LogP contribution in [0.4, 0.5) is 0 Å². The van der Waals surface area contributed by atoms with Crippen molar-refractivity contribution in [3.8, 4) is 0 Å². The van der Waals surface area contributed by atoms with E-state index in [-0.39, 0.29) is 34.0 Å². The van der Waals surface area contributed by atoms with Crippen molar-refractivity contribution in [1.29, 1.82) is 0 Å². The van der Waals surface area contributed by atoms with Gasteiger partial charge >= 0.3 is 0 Å². The maximum absolute atomic E-state index is 11.2. The molecule has 5 fully saturated rings. The van der Waals surface area contributed by atoms with E-state index in [4.69, 9.17) is 13.9 Å². The summed E-state index contributed by atoms with van der Waals surface area (Å²) in [7, 11) is -1.86. The molecule has 1 aliphatic heterocycles. The summed E-state index contributed by atoms with van der Waals surface area (Å²) in [6.45, 7) is 20.7. The SMILES string of the molecule is CC1(C)O[C@@H]2C3C4CCC(O[Si](C)(C)C(C)(C)C)[C@@]4(C)CCC3[C@@]3(C)CC[C@H](O)[C@@H](O)C3[C@H]2O1. The summed E-state index contributed by atoms with van der Waals surface area (Å²) in [5.74, 6) is 0.726. The minimum atomic E-state index is -1.86. The number of rotatable bonds is 2. The Kier molecular flexibility index (Phi) is 5.86. The van der Waals surface area contributed by atoms with Gasteiger partial charge in [-0.3, -0.25) is 0 Å². The van der Waals surface area contributed by atoms with Gasteiger partial charge in [-0.15, -0.1) is 0 Å². The molecule has 1 saturated heterocycles. The summed E-state index contributed by atoms with van der Waals surface area (Å²) in [6.07, 6.45) is 5.03. The van der Waals surface area contributed by atoms with Gasteiger partial charge in [0.2, 0.25) is 0 Å². The fourth-order valence-corrected chi connectivity index (χ4v) is 10.4. The van der Waals surface area contributed by atoms with E-state index < -0.39 is 26.3 Å². The van der Waals surface area contributed by atoms with Crippen molar-refractivity contribution in [2.75, 3.05) is 0 Å². The summed E-state index contributed by atoms with van der Waals surface area (Å²) in [6, 6.07) is 0. The molecular formula is C28H50O5Si. The van der Waals surface area contributed by atoms with Crippen LogP contribution in [0.5, 0.6) is 0 Å². The quantitative estimate of drug-likeness (QED) is 0.497. The average Bonchev–Trinajstić information content (AvgIpc) is 3.19. The molecule has 0 aromatic carbocycles. The van der Waals surface area contributed by atoms with Crippen LogP contribution in [0.15, 0.2) is 0 Å². The number of aliphatic hydroxyl groups excluding tert-OH is 2. The van der Waals surface area contributed by atoms with E-state index in [9.17, 15) is 10.2 Å². The van der Waals surface area contributed by atoms with Gasteiger partial charge in [0.05, 0.1) is 30.5 Å². The highest BCUT2D eigenvalue weighted by molar-refractivity contribution is 6.74. The van der Waals surface area contributed by atoms with E-state index in [0.29, 0.717) is 30.3 Å². The summed E-state index contributed by atoms with van der Waals surface area (Å²) in [5, 5.41) is 22.1. The van der Waals surface area contributed by atoms with Crippen molar-refractivity contribution in [3.05, 3.63) is 0 Å². The number of hydrogen-bond acceptors (Lipinski definition) is 5. The van der Waals surface area contributed by atoms with Crippen LogP contribution < -0.4 is 0 Å². The summed E-state index contributed by atoms with van der Waals surface area (Å²) in [5.41, 5.74) is 0.126. The normalized spacial score (nSPS) is 52.5. The fourth-order valence-electron chi connectivity index (χ4n) is 8.92. The minimum Gasteiger partial charge on any atom is -0.413 e. The van der Waals surface area contributed by atoms with E-state index in [1.54, 1.807) is 0 Å². The highest BCUT2D eigenvalue weighted by Crippen LogP contribution is 2.69. The molecular weight excluding hydrogens is 444 g/mol. The molecule has 11 atom stereocenters. The zero-order chi connectivity index (χ0) is 25.1. The summed E-state index contributed by atoms with van der Waals surface area (Å²) in [4.78, 5) is 0. The molecule has 5 nitrogen and oxygen atoms in total. The molecule has 1 heterocycles. The molecule has 0 bridgehead atoms. The lowest BCUT2D eigenvalue weighted by atomic mass is 9.43. The molecule has 5 aliphatic rings. The summed E-state index contributed by atoms with van der Waals surface area (Å²) < 4.78 is 20.4. The van der Waals surface area contributed by atoms with Crippen LogP contribution in [0.1, 0.15) is 87.0 Å². The Hall–Kier alpha value is 0.0169. The first-order valence-electron chi connectivity index (χ1n) is 13.9. The van der Waals surface area contributed by atoms with E-state index in [2.05, 4.69) is 47.7 Å². The van der Waals surface area contributed by atoms with Gasteiger partial charge in [-0.2, -0.15) is 0 Å². The molecule has 4 saturated carbocycles. The van der Waals surface area contributed by atoms with Crippen molar-refractivity contribution in [2.45, 2.75) is 141 Å². The third-order valence-electron chi connectivity index (χ3n) is 11.7. The maximum atomic E-state index is 11.2. The monoisotopic (exact) mass is 494 g/mol. The summed E-state index contributed by atoms with van der Waals surface area (Å²) >= 11 is 0. The molecule has 34 heavy (non-hydrogen) atoms. The van der Waals surface area contributed by atoms with E-state index in [1.165, 1.54) is 12.8 Å². The second-order valence-electron chi connectivity index (χ2n) is 15.0. The van der Waals surface area contributed by atoms with Crippen LogP contribution in [0.2, 0.25) is 18.1 Å². The van der Waals surface area contributed by atoms with Gasteiger partial charge in [-0.1, -0.05) is 34.6 Å². The molecule has 196 valence electrons. The molecule has 5 rings (SSSR count). The first-order valence-corrected chi connectivity index (χ1v) is 16.8. The van der Waals surface area contributed by atoms with Crippen molar-refractivity contribution in [3.63, 3.8) is 0 Å². The highest BCUT2D eigenvalue weighted by Gasteiger charge is 2.70. The van der Waals surface area contributed by atoms with Gasteiger partial charge in [0.15, 0.2) is 14.1 Å². The minimum absolute atomic E-state index is 0.0192. The Morgan fingerprint density at radius 3 is 2.06 bits per heavy atom. The van der Waals surface area contributed by atoms with Crippen LogP contribution in [0, 0.1) is 34.5 Å². The van der Waals surface area contributed by atoms with Crippen LogP contribution in [0.3, 0.4) is 0 Å².